The molecular formula is C15H17BrN2O5. The van der Waals surface area contributed by atoms with Gasteiger partial charge in [-0.3, -0.25) is 9.59 Å². The lowest BCUT2D eigenvalue weighted by Crippen LogP contribution is -2.43. The molecule has 2 amide bonds. The molecule has 0 radical (unpaired) electrons. The van der Waals surface area contributed by atoms with Gasteiger partial charge in [0, 0.05) is 25.1 Å². The van der Waals surface area contributed by atoms with Crippen molar-refractivity contribution < 1.29 is 23.5 Å². The maximum Gasteiger partial charge on any atom is 0.331 e. The van der Waals surface area contributed by atoms with Gasteiger partial charge in [-0.1, -0.05) is 0 Å². The number of carbonyl (C=O) groups excluding carboxylic acids is 3. The smallest absolute Gasteiger partial charge is 0.331 e. The van der Waals surface area contributed by atoms with Crippen LogP contribution in [0.5, 0.6) is 0 Å². The summed E-state index contributed by atoms with van der Waals surface area (Å²) >= 11 is 3.15. The molecule has 1 aliphatic heterocycles. The molecule has 2 rings (SSSR count). The van der Waals surface area contributed by atoms with Gasteiger partial charge >= 0.3 is 5.97 Å². The van der Waals surface area contributed by atoms with Gasteiger partial charge in [0.1, 0.15) is 5.76 Å². The maximum absolute atomic E-state index is 11.9. The Hall–Kier alpha value is -2.09. The minimum Gasteiger partial charge on any atom is -0.452 e. The third-order valence-corrected chi connectivity index (χ3v) is 3.99. The highest BCUT2D eigenvalue weighted by atomic mass is 79.9. The van der Waals surface area contributed by atoms with Crippen molar-refractivity contribution in [2.75, 3.05) is 19.7 Å². The third kappa shape index (κ3) is 5.24. The monoisotopic (exact) mass is 384 g/mol. The van der Waals surface area contributed by atoms with Crippen LogP contribution in [0.2, 0.25) is 0 Å². The molecule has 0 aromatic carbocycles. The van der Waals surface area contributed by atoms with Gasteiger partial charge in [0.25, 0.3) is 5.91 Å². The first-order valence-corrected chi connectivity index (χ1v) is 7.92. The van der Waals surface area contributed by atoms with Crippen LogP contribution in [0.4, 0.5) is 0 Å². The first-order chi connectivity index (χ1) is 11.0. The minimum absolute atomic E-state index is 0.183. The Labute approximate surface area is 141 Å². The number of hydrogen-bond acceptors (Lipinski definition) is 5. The van der Waals surface area contributed by atoms with E-state index in [4.69, 9.17) is 14.9 Å². The van der Waals surface area contributed by atoms with Gasteiger partial charge < -0.3 is 19.8 Å². The summed E-state index contributed by atoms with van der Waals surface area (Å²) < 4.78 is 10.6. The molecule has 2 N–H and O–H groups in total. The standard InChI is InChI=1S/C15H17BrN2O5/c16-12-3-1-11(23-12)2-4-14(20)22-9-13(19)18-7-5-10(6-8-18)15(17)21/h1-4,10H,5-9H2,(H2,17,21)/b4-2+. The normalized spacial score (nSPS) is 15.8. The van der Waals surface area contributed by atoms with Crippen LogP contribution in [0.1, 0.15) is 18.6 Å². The van der Waals surface area contributed by atoms with Crippen LogP contribution >= 0.6 is 15.9 Å². The van der Waals surface area contributed by atoms with Crippen LogP contribution in [0.3, 0.4) is 0 Å². The molecule has 0 aliphatic carbocycles. The van der Waals surface area contributed by atoms with E-state index in [-0.39, 0.29) is 24.3 Å². The molecule has 124 valence electrons. The number of rotatable bonds is 5. The summed E-state index contributed by atoms with van der Waals surface area (Å²) in [6.45, 7) is 0.562. The molecule has 0 spiro atoms. The Balaban J connectivity index is 1.73. The molecule has 1 fully saturated rings. The van der Waals surface area contributed by atoms with Crippen LogP contribution in [-0.2, 0) is 19.1 Å². The second kappa shape index (κ2) is 7.96. The van der Waals surface area contributed by atoms with Gasteiger partial charge in [0.05, 0.1) is 0 Å². The summed E-state index contributed by atoms with van der Waals surface area (Å²) in [4.78, 5) is 36.1. The van der Waals surface area contributed by atoms with E-state index in [1.165, 1.54) is 12.2 Å². The minimum atomic E-state index is -0.627. The maximum atomic E-state index is 11.9. The van der Waals surface area contributed by atoms with E-state index in [0.29, 0.717) is 36.4 Å². The van der Waals surface area contributed by atoms with Crippen LogP contribution < -0.4 is 5.73 Å². The summed E-state index contributed by atoms with van der Waals surface area (Å²) in [7, 11) is 0. The average Bonchev–Trinajstić information content (AvgIpc) is 2.96. The quantitative estimate of drug-likeness (QED) is 0.608. The fourth-order valence-electron chi connectivity index (χ4n) is 2.25. The summed E-state index contributed by atoms with van der Waals surface area (Å²) in [5.74, 6) is -0.933. The van der Waals surface area contributed by atoms with Crippen molar-refractivity contribution in [3.05, 3.63) is 28.6 Å². The second-order valence-corrected chi connectivity index (χ2v) is 5.92. The Bertz CT molecular complexity index is 617. The van der Waals surface area contributed by atoms with Crippen LogP contribution in [-0.4, -0.2) is 42.4 Å². The molecule has 8 heteroatoms. The highest BCUT2D eigenvalue weighted by Crippen LogP contribution is 2.17. The highest BCUT2D eigenvalue weighted by molar-refractivity contribution is 9.10. The van der Waals surface area contributed by atoms with Crippen molar-refractivity contribution in [3.63, 3.8) is 0 Å². The SMILES string of the molecule is NC(=O)C1CCN(C(=O)COC(=O)/C=C/c2ccc(Br)o2)CC1. The van der Waals surface area contributed by atoms with Crippen molar-refractivity contribution in [2.45, 2.75) is 12.8 Å². The second-order valence-electron chi connectivity index (χ2n) is 5.14. The van der Waals surface area contributed by atoms with E-state index in [1.807, 2.05) is 0 Å². The number of primary amides is 1. The predicted octanol–water partition coefficient (Wildman–Crippen LogP) is 1.32. The summed E-state index contributed by atoms with van der Waals surface area (Å²) in [5, 5.41) is 0. The Morgan fingerprint density at radius 1 is 1.35 bits per heavy atom. The Morgan fingerprint density at radius 2 is 2.04 bits per heavy atom. The van der Waals surface area contributed by atoms with Crippen molar-refractivity contribution in [1.82, 2.24) is 4.90 Å². The fraction of sp³-hybridized carbons (Fsp3) is 0.400. The van der Waals surface area contributed by atoms with Gasteiger partial charge in [-0.25, -0.2) is 4.79 Å². The lowest BCUT2D eigenvalue weighted by molar-refractivity contribution is -0.149. The molecule has 0 saturated carbocycles. The molecule has 23 heavy (non-hydrogen) atoms. The molecule has 1 aromatic heterocycles. The van der Waals surface area contributed by atoms with Gasteiger partial charge in [0.15, 0.2) is 11.3 Å². The topological polar surface area (TPSA) is 103 Å². The molecule has 0 atom stereocenters. The fourth-order valence-corrected chi connectivity index (χ4v) is 2.57. The van der Waals surface area contributed by atoms with E-state index in [1.54, 1.807) is 17.0 Å². The largest absolute Gasteiger partial charge is 0.452 e. The number of nitrogens with two attached hydrogens (primary N) is 1. The third-order valence-electron chi connectivity index (χ3n) is 3.57. The van der Waals surface area contributed by atoms with Gasteiger partial charge in [-0.05, 0) is 47.0 Å². The summed E-state index contributed by atoms with van der Waals surface area (Å²) in [5.41, 5.74) is 5.24. The van der Waals surface area contributed by atoms with Crippen molar-refractivity contribution in [2.24, 2.45) is 11.7 Å². The first-order valence-electron chi connectivity index (χ1n) is 7.13. The van der Waals surface area contributed by atoms with E-state index in [2.05, 4.69) is 15.9 Å². The average molecular weight is 385 g/mol. The van der Waals surface area contributed by atoms with E-state index in [9.17, 15) is 14.4 Å². The number of ether oxygens (including phenoxy) is 1. The van der Waals surface area contributed by atoms with Crippen molar-refractivity contribution >= 4 is 39.8 Å². The zero-order valence-corrected chi connectivity index (χ0v) is 14.0. The number of hydrogen-bond donors (Lipinski definition) is 1. The molecule has 1 aromatic rings. The van der Waals surface area contributed by atoms with Crippen LogP contribution in [0, 0.1) is 5.92 Å². The number of amides is 2. The van der Waals surface area contributed by atoms with Gasteiger partial charge in [-0.2, -0.15) is 0 Å². The highest BCUT2D eigenvalue weighted by Gasteiger charge is 2.26. The Kier molecular flexibility index (Phi) is 5.97. The molecular weight excluding hydrogens is 368 g/mol. The van der Waals surface area contributed by atoms with Gasteiger partial charge in [0.2, 0.25) is 5.91 Å². The van der Waals surface area contributed by atoms with Crippen LogP contribution in [0.25, 0.3) is 6.08 Å². The number of piperidine rings is 1. The summed E-state index contributed by atoms with van der Waals surface area (Å²) in [6.07, 6.45) is 3.73. The predicted molar refractivity (Wildman–Crippen MR) is 84.9 cm³/mol. The lowest BCUT2D eigenvalue weighted by Gasteiger charge is -2.30. The molecule has 2 heterocycles. The van der Waals surface area contributed by atoms with E-state index >= 15 is 0 Å². The number of carbonyl (C=O) groups is 3. The van der Waals surface area contributed by atoms with Crippen LogP contribution in [0.15, 0.2) is 27.3 Å². The summed E-state index contributed by atoms with van der Waals surface area (Å²) in [6, 6.07) is 3.38. The molecule has 7 nitrogen and oxygen atoms in total. The molecule has 1 aliphatic rings. The Morgan fingerprint density at radius 3 is 2.61 bits per heavy atom. The van der Waals surface area contributed by atoms with Crippen molar-refractivity contribution in [3.8, 4) is 0 Å². The zero-order chi connectivity index (χ0) is 16.8. The van der Waals surface area contributed by atoms with E-state index < -0.39 is 5.97 Å². The molecule has 0 bridgehead atoms. The number of esters is 1. The first kappa shape index (κ1) is 17.3. The number of likely N-dealkylation sites (tertiary alicyclic amines) is 1. The van der Waals surface area contributed by atoms with Gasteiger partial charge in [-0.15, -0.1) is 0 Å². The zero-order valence-electron chi connectivity index (χ0n) is 12.4. The molecule has 0 unspecified atom stereocenters. The number of furan rings is 1. The molecule has 1 saturated heterocycles. The lowest BCUT2D eigenvalue weighted by atomic mass is 9.96. The van der Waals surface area contributed by atoms with Crippen molar-refractivity contribution in [1.29, 1.82) is 0 Å². The number of nitrogens with zero attached hydrogens (tertiary/aromatic N) is 1. The van der Waals surface area contributed by atoms with E-state index in [0.717, 1.165) is 0 Å². The number of halogens is 1.